The van der Waals surface area contributed by atoms with Gasteiger partial charge in [-0.3, -0.25) is 5.84 Å². The molecule has 5 nitrogen and oxygen atoms in total. The molecule has 0 aromatic carbocycles. The Labute approximate surface area is 72.9 Å². The summed E-state index contributed by atoms with van der Waals surface area (Å²) in [6.07, 6.45) is 0. The molecule has 0 radical (unpaired) electrons. The van der Waals surface area contributed by atoms with E-state index in [2.05, 4.69) is 26.1 Å². The fraction of sp³-hybridized carbons (Fsp3) is 0.400. The summed E-state index contributed by atoms with van der Waals surface area (Å²) in [6.45, 7) is 1.97. The lowest BCUT2D eigenvalue weighted by Crippen LogP contribution is -2.30. The van der Waals surface area contributed by atoms with Gasteiger partial charge in [-0.05, 0) is 22.9 Å². The van der Waals surface area contributed by atoms with E-state index < -0.39 is 5.97 Å². The van der Waals surface area contributed by atoms with Gasteiger partial charge in [-0.1, -0.05) is 0 Å². The van der Waals surface area contributed by atoms with Crippen LogP contribution in [0.3, 0.4) is 0 Å². The molecule has 0 aliphatic heterocycles. The normalized spacial score (nSPS) is 11.9. The summed E-state index contributed by atoms with van der Waals surface area (Å²) in [5.41, 5.74) is 7.37. The molecule has 0 rings (SSSR count). The van der Waals surface area contributed by atoms with Crippen LogP contribution in [0.4, 0.5) is 0 Å². The Morgan fingerprint density at radius 3 is 2.55 bits per heavy atom. The molecule has 64 valence electrons. The Bertz CT molecular complexity index is 177. The molecule has 5 N–H and O–H groups in total. The number of nitrogens with two attached hydrogens (primary N) is 2. The molecule has 0 atom stereocenters. The second-order valence-electron chi connectivity index (χ2n) is 1.59. The molecular weight excluding hydrogens is 214 g/mol. The predicted molar refractivity (Wildman–Crippen MR) is 44.1 cm³/mol. The van der Waals surface area contributed by atoms with Crippen LogP contribution < -0.4 is 17.0 Å². The molecule has 11 heavy (non-hydrogen) atoms. The van der Waals surface area contributed by atoms with Gasteiger partial charge in [0, 0.05) is 0 Å². The van der Waals surface area contributed by atoms with Gasteiger partial charge in [0.2, 0.25) is 0 Å². The molecule has 0 fully saturated rings. The van der Waals surface area contributed by atoms with Crippen molar-refractivity contribution in [1.82, 2.24) is 5.43 Å². The maximum Gasteiger partial charge on any atom is 0.358 e. The monoisotopic (exact) mass is 223 g/mol. The molecule has 0 unspecified atom stereocenters. The summed E-state index contributed by atoms with van der Waals surface area (Å²) in [6, 6.07) is 0. The fourth-order valence-electron chi connectivity index (χ4n) is 0.429. The largest absolute Gasteiger partial charge is 0.461 e. The van der Waals surface area contributed by atoms with Gasteiger partial charge in [-0.2, -0.15) is 0 Å². The molecule has 0 bridgehead atoms. The average molecular weight is 224 g/mol. The second kappa shape index (κ2) is 4.97. The van der Waals surface area contributed by atoms with Gasteiger partial charge in [-0.15, -0.1) is 0 Å². The van der Waals surface area contributed by atoms with Crippen molar-refractivity contribution in [3.05, 3.63) is 10.3 Å². The van der Waals surface area contributed by atoms with Gasteiger partial charge in [0.25, 0.3) is 0 Å². The lowest BCUT2D eigenvalue weighted by molar-refractivity contribution is -0.139. The number of nitrogens with one attached hydrogen (secondary N) is 1. The van der Waals surface area contributed by atoms with Crippen LogP contribution in [-0.4, -0.2) is 12.6 Å². The van der Waals surface area contributed by atoms with E-state index in [0.717, 1.165) is 0 Å². The van der Waals surface area contributed by atoms with Gasteiger partial charge < -0.3 is 15.9 Å². The third kappa shape index (κ3) is 3.24. The molecule has 6 heteroatoms. The first-order valence-electron chi connectivity index (χ1n) is 2.92. The first-order chi connectivity index (χ1) is 5.13. The third-order valence-corrected chi connectivity index (χ3v) is 1.26. The average Bonchev–Trinajstić information content (AvgIpc) is 1.88. The first kappa shape index (κ1) is 10.2. The van der Waals surface area contributed by atoms with Crippen molar-refractivity contribution in [3.63, 3.8) is 0 Å². The molecule has 0 heterocycles. The van der Waals surface area contributed by atoms with E-state index in [4.69, 9.17) is 11.6 Å². The second-order valence-corrected chi connectivity index (χ2v) is 2.44. The first-order valence-corrected chi connectivity index (χ1v) is 3.71. The quantitative estimate of drug-likeness (QED) is 0.198. The standard InChI is InChI=1S/C5H10BrN3O2/c1-2-11-5(10)3(9-8)4(6)7/h9H,2,7-8H2,1H3/b4-3-. The third-order valence-electron chi connectivity index (χ3n) is 0.863. The van der Waals surface area contributed by atoms with Crippen LogP contribution in [0.5, 0.6) is 0 Å². The van der Waals surface area contributed by atoms with Crippen molar-refractivity contribution in [1.29, 1.82) is 0 Å². The van der Waals surface area contributed by atoms with Crippen molar-refractivity contribution in [3.8, 4) is 0 Å². The Kier molecular flexibility index (Phi) is 4.64. The summed E-state index contributed by atoms with van der Waals surface area (Å²) in [5.74, 6) is 4.41. The predicted octanol–water partition coefficient (Wildman–Crippen LogP) is -0.465. The highest BCUT2D eigenvalue weighted by Crippen LogP contribution is 2.02. The van der Waals surface area contributed by atoms with Gasteiger partial charge >= 0.3 is 5.97 Å². The maximum absolute atomic E-state index is 10.9. The molecule has 0 aromatic rings. The maximum atomic E-state index is 10.9. The summed E-state index contributed by atoms with van der Waals surface area (Å²) in [5, 5.41) is 0. The Morgan fingerprint density at radius 1 is 1.73 bits per heavy atom. The van der Waals surface area contributed by atoms with E-state index in [9.17, 15) is 4.79 Å². The minimum atomic E-state index is -0.579. The number of carbonyl (C=O) groups excluding carboxylic acids is 1. The summed E-state index contributed by atoms with van der Waals surface area (Å²) in [4.78, 5) is 10.9. The Balaban J connectivity index is 4.28. The molecule has 0 spiro atoms. The van der Waals surface area contributed by atoms with Crippen molar-refractivity contribution < 1.29 is 9.53 Å². The zero-order chi connectivity index (χ0) is 8.85. The van der Waals surface area contributed by atoms with Crippen molar-refractivity contribution in [2.45, 2.75) is 6.92 Å². The minimum absolute atomic E-state index is 0.0202. The van der Waals surface area contributed by atoms with Crippen molar-refractivity contribution in [2.24, 2.45) is 11.6 Å². The molecule has 0 saturated heterocycles. The van der Waals surface area contributed by atoms with E-state index in [1.807, 2.05) is 0 Å². The highest BCUT2D eigenvalue weighted by Gasteiger charge is 2.11. The molecule has 0 saturated carbocycles. The number of carbonyl (C=O) groups is 1. The van der Waals surface area contributed by atoms with Crippen LogP contribution in [0.2, 0.25) is 0 Å². The lowest BCUT2D eigenvalue weighted by Gasteiger charge is -2.05. The van der Waals surface area contributed by atoms with Crippen LogP contribution >= 0.6 is 15.9 Å². The SMILES string of the molecule is CCOC(=O)/C(NN)=C(/N)Br. The lowest BCUT2D eigenvalue weighted by atomic mass is 10.5. The van der Waals surface area contributed by atoms with Gasteiger partial charge in [-0.25, -0.2) is 4.79 Å². The number of hydrogen-bond donors (Lipinski definition) is 3. The van der Waals surface area contributed by atoms with E-state index in [0.29, 0.717) is 0 Å². The van der Waals surface area contributed by atoms with Crippen molar-refractivity contribution in [2.75, 3.05) is 6.61 Å². The van der Waals surface area contributed by atoms with E-state index in [1.54, 1.807) is 6.92 Å². The highest BCUT2D eigenvalue weighted by molar-refractivity contribution is 9.11. The van der Waals surface area contributed by atoms with E-state index in [1.165, 1.54) is 0 Å². The van der Waals surface area contributed by atoms with Crippen molar-refractivity contribution >= 4 is 21.9 Å². The van der Waals surface area contributed by atoms with E-state index in [-0.39, 0.29) is 16.9 Å². The fourth-order valence-corrected chi connectivity index (χ4v) is 0.705. The van der Waals surface area contributed by atoms with E-state index >= 15 is 0 Å². The zero-order valence-electron chi connectivity index (χ0n) is 6.06. The van der Waals surface area contributed by atoms with Gasteiger partial charge in [0.05, 0.1) is 6.61 Å². The number of hydrogen-bond acceptors (Lipinski definition) is 5. The number of halogens is 1. The number of hydrazine groups is 1. The molecule has 0 amide bonds. The molecular formula is C5H10BrN3O2. The molecule has 0 aromatic heterocycles. The van der Waals surface area contributed by atoms with Crippen LogP contribution in [0, 0.1) is 0 Å². The van der Waals surface area contributed by atoms with Crippen LogP contribution in [-0.2, 0) is 9.53 Å². The summed E-state index contributed by atoms with van der Waals surface area (Å²) in [7, 11) is 0. The molecule has 0 aliphatic carbocycles. The van der Waals surface area contributed by atoms with Crippen LogP contribution in [0.15, 0.2) is 10.3 Å². The topological polar surface area (TPSA) is 90.4 Å². The number of esters is 1. The minimum Gasteiger partial charge on any atom is -0.461 e. The van der Waals surface area contributed by atoms with Crippen LogP contribution in [0.1, 0.15) is 6.92 Å². The molecule has 0 aliphatic rings. The highest BCUT2D eigenvalue weighted by atomic mass is 79.9. The Hall–Kier alpha value is -0.750. The smallest absolute Gasteiger partial charge is 0.358 e. The van der Waals surface area contributed by atoms with Crippen LogP contribution in [0.25, 0.3) is 0 Å². The van der Waals surface area contributed by atoms with Gasteiger partial charge in [0.1, 0.15) is 4.61 Å². The summed E-state index contributed by atoms with van der Waals surface area (Å²) >= 11 is 2.89. The Morgan fingerprint density at radius 2 is 2.27 bits per heavy atom. The number of ether oxygens (including phenoxy) is 1. The summed E-state index contributed by atoms with van der Waals surface area (Å²) < 4.78 is 4.73. The zero-order valence-corrected chi connectivity index (χ0v) is 7.64. The number of rotatable bonds is 3. The van der Waals surface area contributed by atoms with Gasteiger partial charge in [0.15, 0.2) is 5.70 Å².